The average Bonchev–Trinajstić information content (AvgIpc) is 2.59. The Morgan fingerprint density at radius 3 is 2.54 bits per heavy atom. The summed E-state index contributed by atoms with van der Waals surface area (Å²) in [5.74, 6) is 2.25. The number of nitrogens with zero attached hydrogens (tertiary/aromatic N) is 3. The van der Waals surface area contributed by atoms with E-state index in [0.29, 0.717) is 0 Å². The number of anilines is 1. The lowest BCUT2D eigenvalue weighted by molar-refractivity contribution is 0.372. The third kappa shape index (κ3) is 6.52. The second-order valence-corrected chi connectivity index (χ2v) is 6.99. The summed E-state index contributed by atoms with van der Waals surface area (Å²) in [6.07, 6.45) is 4.61. The molecular weight excluding hydrogens is 455 g/mol. The highest BCUT2D eigenvalue weighted by Gasteiger charge is 2.20. The normalized spacial score (nSPS) is 15.2. The van der Waals surface area contributed by atoms with Crippen LogP contribution < -0.4 is 10.2 Å². The summed E-state index contributed by atoms with van der Waals surface area (Å²) in [7, 11) is 1.87. The average molecular weight is 483 g/mol. The van der Waals surface area contributed by atoms with E-state index in [1.807, 2.05) is 37.0 Å². The molecule has 2 rings (SSSR count). The Morgan fingerprint density at radius 1 is 1.21 bits per heavy atom. The van der Waals surface area contributed by atoms with Crippen molar-refractivity contribution in [1.82, 2.24) is 10.2 Å². The lowest BCUT2D eigenvalue weighted by Crippen LogP contribution is -2.52. The van der Waals surface area contributed by atoms with Crippen LogP contribution in [0.2, 0.25) is 5.02 Å². The summed E-state index contributed by atoms with van der Waals surface area (Å²) < 4.78 is 0. The van der Waals surface area contributed by atoms with Gasteiger partial charge in [0.05, 0.1) is 10.7 Å². The van der Waals surface area contributed by atoms with Gasteiger partial charge in [-0.3, -0.25) is 4.99 Å². The maximum atomic E-state index is 6.30. The summed E-state index contributed by atoms with van der Waals surface area (Å²) in [6, 6.07) is 8.07. The first-order valence-corrected chi connectivity index (χ1v) is 9.97. The van der Waals surface area contributed by atoms with Gasteiger partial charge in [0.25, 0.3) is 0 Å². The monoisotopic (exact) mass is 482 g/mol. The van der Waals surface area contributed by atoms with Crippen LogP contribution in [0.5, 0.6) is 0 Å². The number of hydrogen-bond acceptors (Lipinski definition) is 3. The van der Waals surface area contributed by atoms with Gasteiger partial charge in [0.2, 0.25) is 0 Å². The fourth-order valence-electron chi connectivity index (χ4n) is 2.77. The largest absolute Gasteiger partial charge is 0.367 e. The van der Waals surface area contributed by atoms with Crippen LogP contribution in [0.15, 0.2) is 29.3 Å². The van der Waals surface area contributed by atoms with Crippen molar-refractivity contribution >= 4 is 59.0 Å². The van der Waals surface area contributed by atoms with E-state index in [1.54, 1.807) is 0 Å². The Hall–Kier alpha value is -0.340. The Morgan fingerprint density at radius 2 is 1.92 bits per heavy atom. The number of nitrogens with one attached hydrogen (secondary N) is 1. The number of para-hydroxylation sites is 1. The van der Waals surface area contributed by atoms with E-state index in [4.69, 9.17) is 11.6 Å². The van der Waals surface area contributed by atoms with Crippen molar-refractivity contribution in [3.8, 4) is 0 Å². The fourth-order valence-corrected chi connectivity index (χ4v) is 3.52. The number of piperazine rings is 1. The Bertz CT molecular complexity index is 507. The van der Waals surface area contributed by atoms with Gasteiger partial charge in [-0.1, -0.05) is 23.7 Å². The van der Waals surface area contributed by atoms with Crippen molar-refractivity contribution in [1.29, 1.82) is 0 Å². The molecule has 1 heterocycles. The van der Waals surface area contributed by atoms with Crippen molar-refractivity contribution in [3.05, 3.63) is 29.3 Å². The molecule has 1 aliphatic heterocycles. The highest BCUT2D eigenvalue weighted by molar-refractivity contribution is 14.0. The zero-order valence-electron chi connectivity index (χ0n) is 14.5. The molecule has 136 valence electrons. The van der Waals surface area contributed by atoms with Crippen LogP contribution in [0.4, 0.5) is 5.69 Å². The van der Waals surface area contributed by atoms with Crippen LogP contribution >= 0.6 is 47.3 Å². The molecule has 1 N–H and O–H groups in total. The molecule has 24 heavy (non-hydrogen) atoms. The van der Waals surface area contributed by atoms with Crippen LogP contribution in [-0.4, -0.2) is 62.6 Å². The van der Waals surface area contributed by atoms with Gasteiger partial charge in [0.1, 0.15) is 0 Å². The number of hydrogen-bond donors (Lipinski definition) is 1. The van der Waals surface area contributed by atoms with Gasteiger partial charge >= 0.3 is 0 Å². The third-order valence-electron chi connectivity index (χ3n) is 4.04. The molecule has 0 bridgehead atoms. The zero-order chi connectivity index (χ0) is 16.5. The maximum absolute atomic E-state index is 6.30. The van der Waals surface area contributed by atoms with Crippen molar-refractivity contribution in [2.24, 2.45) is 4.99 Å². The van der Waals surface area contributed by atoms with Crippen molar-refractivity contribution in [2.45, 2.75) is 12.8 Å². The predicted octanol–water partition coefficient (Wildman–Crippen LogP) is 3.80. The number of rotatable bonds is 6. The van der Waals surface area contributed by atoms with E-state index in [1.165, 1.54) is 18.6 Å². The SMILES string of the molecule is CN=C(NCCCCSC)N1CCN(c2ccccc2Cl)CC1.I. The van der Waals surface area contributed by atoms with Crippen molar-refractivity contribution in [2.75, 3.05) is 56.7 Å². The predicted molar refractivity (Wildman–Crippen MR) is 120 cm³/mol. The lowest BCUT2D eigenvalue weighted by atomic mass is 10.2. The molecule has 1 aromatic rings. The topological polar surface area (TPSA) is 30.9 Å². The van der Waals surface area contributed by atoms with Gasteiger partial charge in [-0.15, -0.1) is 24.0 Å². The van der Waals surface area contributed by atoms with Crippen LogP contribution in [-0.2, 0) is 0 Å². The number of aliphatic imine (C=N–C) groups is 1. The van der Waals surface area contributed by atoms with E-state index >= 15 is 0 Å². The molecule has 0 aromatic heterocycles. The lowest BCUT2D eigenvalue weighted by Gasteiger charge is -2.38. The molecule has 0 amide bonds. The van der Waals surface area contributed by atoms with Crippen LogP contribution in [0, 0.1) is 0 Å². The first-order chi connectivity index (χ1) is 11.3. The molecule has 1 aromatic carbocycles. The molecule has 0 saturated carbocycles. The smallest absolute Gasteiger partial charge is 0.193 e. The highest BCUT2D eigenvalue weighted by Crippen LogP contribution is 2.25. The zero-order valence-corrected chi connectivity index (χ0v) is 18.4. The number of halogens is 2. The molecular formula is C17H28ClIN4S. The molecule has 0 unspecified atom stereocenters. The quantitative estimate of drug-likeness (QED) is 0.289. The molecule has 0 aliphatic carbocycles. The van der Waals surface area contributed by atoms with Gasteiger partial charge in [-0.25, -0.2) is 0 Å². The first-order valence-electron chi connectivity index (χ1n) is 8.20. The molecule has 0 radical (unpaired) electrons. The molecule has 1 saturated heterocycles. The first kappa shape index (κ1) is 21.7. The molecule has 0 spiro atoms. The maximum Gasteiger partial charge on any atom is 0.193 e. The minimum atomic E-state index is 0. The van der Waals surface area contributed by atoms with E-state index in [0.717, 1.165) is 49.4 Å². The van der Waals surface area contributed by atoms with Crippen LogP contribution in [0.3, 0.4) is 0 Å². The van der Waals surface area contributed by atoms with Gasteiger partial charge in [-0.2, -0.15) is 11.8 Å². The molecule has 4 nitrogen and oxygen atoms in total. The number of unbranched alkanes of at least 4 members (excludes halogenated alkanes) is 1. The number of thioether (sulfide) groups is 1. The summed E-state index contributed by atoms with van der Waals surface area (Å²) in [5, 5.41) is 4.32. The van der Waals surface area contributed by atoms with Gasteiger partial charge in [-0.05, 0) is 37.0 Å². The fraction of sp³-hybridized carbons (Fsp3) is 0.588. The second kappa shape index (κ2) is 12.1. The minimum Gasteiger partial charge on any atom is -0.367 e. The van der Waals surface area contributed by atoms with Gasteiger partial charge in [0, 0.05) is 39.8 Å². The third-order valence-corrected chi connectivity index (χ3v) is 5.06. The summed E-state index contributed by atoms with van der Waals surface area (Å²) in [6.45, 7) is 4.87. The van der Waals surface area contributed by atoms with Crippen molar-refractivity contribution < 1.29 is 0 Å². The summed E-state index contributed by atoms with van der Waals surface area (Å²) in [4.78, 5) is 9.11. The Balaban J connectivity index is 0.00000288. The minimum absolute atomic E-state index is 0. The summed E-state index contributed by atoms with van der Waals surface area (Å²) >= 11 is 8.21. The molecule has 1 fully saturated rings. The van der Waals surface area contributed by atoms with Crippen molar-refractivity contribution in [3.63, 3.8) is 0 Å². The molecule has 1 aliphatic rings. The van der Waals surface area contributed by atoms with E-state index in [9.17, 15) is 0 Å². The van der Waals surface area contributed by atoms with Crippen LogP contribution in [0.1, 0.15) is 12.8 Å². The number of benzene rings is 1. The number of guanidine groups is 1. The second-order valence-electron chi connectivity index (χ2n) is 5.60. The Kier molecular flexibility index (Phi) is 10.9. The molecule has 7 heteroatoms. The molecule has 0 atom stereocenters. The standard InChI is InChI=1S/C17H27ClN4S.HI/c1-19-17(20-9-5-6-14-23-2)22-12-10-21(11-13-22)16-8-4-3-7-15(16)18;/h3-4,7-8H,5-6,9-14H2,1-2H3,(H,19,20);1H. The van der Waals surface area contributed by atoms with E-state index in [-0.39, 0.29) is 24.0 Å². The van der Waals surface area contributed by atoms with E-state index in [2.05, 4.69) is 32.4 Å². The highest BCUT2D eigenvalue weighted by atomic mass is 127. The summed E-state index contributed by atoms with van der Waals surface area (Å²) in [5.41, 5.74) is 1.13. The van der Waals surface area contributed by atoms with E-state index < -0.39 is 0 Å². The van der Waals surface area contributed by atoms with Crippen LogP contribution in [0.25, 0.3) is 0 Å². The van der Waals surface area contributed by atoms with Gasteiger partial charge < -0.3 is 15.1 Å². The Labute approximate surface area is 172 Å². The van der Waals surface area contributed by atoms with Gasteiger partial charge in [0.15, 0.2) is 5.96 Å².